The van der Waals surface area contributed by atoms with E-state index in [9.17, 15) is 14.7 Å². The van der Waals surface area contributed by atoms with Gasteiger partial charge in [0.05, 0.1) is 6.42 Å². The zero-order valence-corrected chi connectivity index (χ0v) is 11.9. The molecule has 0 aromatic heterocycles. The molecule has 0 saturated carbocycles. The summed E-state index contributed by atoms with van der Waals surface area (Å²) in [5, 5.41) is 18.3. The van der Waals surface area contributed by atoms with E-state index < -0.39 is 5.97 Å². The third kappa shape index (κ3) is 4.91. The maximum absolute atomic E-state index is 12.1. The van der Waals surface area contributed by atoms with E-state index in [1.807, 2.05) is 19.9 Å². The van der Waals surface area contributed by atoms with E-state index in [1.165, 1.54) is 0 Å². The summed E-state index contributed by atoms with van der Waals surface area (Å²) in [6.45, 7) is 3.94. The molecule has 0 unspecified atom stereocenters. The number of aryl methyl sites for hydroxylation is 1. The van der Waals surface area contributed by atoms with Crippen LogP contribution in [0.3, 0.4) is 0 Å². The summed E-state index contributed by atoms with van der Waals surface area (Å²) in [6.07, 6.45) is 0.650. The highest BCUT2D eigenvalue weighted by atomic mass is 16.4. The second kappa shape index (κ2) is 7.53. The Morgan fingerprint density at radius 3 is 2.40 bits per heavy atom. The molecule has 0 aliphatic carbocycles. The maximum atomic E-state index is 12.1. The van der Waals surface area contributed by atoms with Crippen molar-refractivity contribution in [1.82, 2.24) is 4.90 Å². The van der Waals surface area contributed by atoms with Crippen LogP contribution in [-0.4, -0.2) is 39.6 Å². The average Bonchev–Trinajstić information content (AvgIpc) is 2.37. The number of carbonyl (C=O) groups is 2. The lowest BCUT2D eigenvalue weighted by atomic mass is 10.1. The summed E-state index contributed by atoms with van der Waals surface area (Å²) in [5.41, 5.74) is 0.725. The van der Waals surface area contributed by atoms with Crippen LogP contribution in [0.25, 0.3) is 0 Å². The molecule has 1 rings (SSSR count). The molecule has 110 valence electrons. The zero-order valence-electron chi connectivity index (χ0n) is 11.9. The molecular formula is C15H21NO4. The smallest absolute Gasteiger partial charge is 0.305 e. The van der Waals surface area contributed by atoms with E-state index in [4.69, 9.17) is 5.11 Å². The maximum Gasteiger partial charge on any atom is 0.305 e. The number of phenolic OH excluding ortho intramolecular Hbond substituents is 1. The fourth-order valence-corrected chi connectivity index (χ4v) is 1.99. The van der Waals surface area contributed by atoms with Crippen molar-refractivity contribution in [2.75, 3.05) is 6.54 Å². The van der Waals surface area contributed by atoms with Gasteiger partial charge in [0.2, 0.25) is 5.91 Å². The van der Waals surface area contributed by atoms with Gasteiger partial charge in [0.25, 0.3) is 0 Å². The van der Waals surface area contributed by atoms with E-state index in [0.717, 1.165) is 5.56 Å². The molecule has 0 aliphatic heterocycles. The van der Waals surface area contributed by atoms with Gasteiger partial charge in [-0.2, -0.15) is 0 Å². The Morgan fingerprint density at radius 1 is 1.20 bits per heavy atom. The summed E-state index contributed by atoms with van der Waals surface area (Å²) < 4.78 is 0. The summed E-state index contributed by atoms with van der Waals surface area (Å²) in [4.78, 5) is 24.3. The predicted octanol–water partition coefficient (Wildman–Crippen LogP) is 2.04. The van der Waals surface area contributed by atoms with Crippen molar-refractivity contribution in [3.05, 3.63) is 29.8 Å². The normalized spacial score (nSPS) is 10.6. The van der Waals surface area contributed by atoms with Gasteiger partial charge in [-0.05, 0) is 31.9 Å². The molecule has 2 N–H and O–H groups in total. The number of hydrogen-bond donors (Lipinski definition) is 2. The van der Waals surface area contributed by atoms with Crippen molar-refractivity contribution in [2.45, 2.75) is 39.2 Å². The number of rotatable bonds is 7. The number of hydrogen-bond acceptors (Lipinski definition) is 3. The van der Waals surface area contributed by atoms with Crippen LogP contribution in [0.1, 0.15) is 32.3 Å². The lowest BCUT2D eigenvalue weighted by Gasteiger charge is -2.26. The molecule has 5 heteroatoms. The Morgan fingerprint density at radius 2 is 1.85 bits per heavy atom. The van der Waals surface area contributed by atoms with Crippen molar-refractivity contribution in [3.63, 3.8) is 0 Å². The van der Waals surface area contributed by atoms with E-state index in [-0.39, 0.29) is 37.1 Å². The quantitative estimate of drug-likeness (QED) is 0.800. The van der Waals surface area contributed by atoms with Crippen molar-refractivity contribution in [3.8, 4) is 5.75 Å². The number of carboxylic acids is 1. The third-order valence-electron chi connectivity index (χ3n) is 3.11. The van der Waals surface area contributed by atoms with Gasteiger partial charge in [-0.15, -0.1) is 0 Å². The first-order valence-corrected chi connectivity index (χ1v) is 6.70. The number of aromatic hydroxyl groups is 1. The fraction of sp³-hybridized carbons (Fsp3) is 0.467. The molecular weight excluding hydrogens is 258 g/mol. The van der Waals surface area contributed by atoms with Crippen molar-refractivity contribution < 1.29 is 19.8 Å². The number of para-hydroxylation sites is 1. The van der Waals surface area contributed by atoms with Gasteiger partial charge >= 0.3 is 5.97 Å². The molecule has 0 fully saturated rings. The van der Waals surface area contributed by atoms with Gasteiger partial charge in [-0.1, -0.05) is 18.2 Å². The first kappa shape index (κ1) is 16.0. The van der Waals surface area contributed by atoms with Gasteiger partial charge < -0.3 is 15.1 Å². The molecule has 0 spiro atoms. The van der Waals surface area contributed by atoms with Gasteiger partial charge in [-0.25, -0.2) is 0 Å². The van der Waals surface area contributed by atoms with E-state index in [2.05, 4.69) is 0 Å². The van der Waals surface area contributed by atoms with Crippen molar-refractivity contribution >= 4 is 11.9 Å². The Kier molecular flexibility index (Phi) is 6.03. The van der Waals surface area contributed by atoms with Crippen LogP contribution in [0.4, 0.5) is 0 Å². The van der Waals surface area contributed by atoms with Crippen molar-refractivity contribution in [1.29, 1.82) is 0 Å². The molecule has 0 saturated heterocycles. The van der Waals surface area contributed by atoms with Gasteiger partial charge in [0, 0.05) is 19.0 Å². The van der Waals surface area contributed by atoms with Crippen LogP contribution in [0, 0.1) is 0 Å². The number of aliphatic carboxylic acids is 1. The van der Waals surface area contributed by atoms with E-state index in [0.29, 0.717) is 6.42 Å². The first-order valence-electron chi connectivity index (χ1n) is 6.70. The number of amides is 1. The lowest BCUT2D eigenvalue weighted by Crippen LogP contribution is -2.38. The molecule has 0 bridgehead atoms. The highest BCUT2D eigenvalue weighted by Gasteiger charge is 2.18. The molecule has 5 nitrogen and oxygen atoms in total. The average molecular weight is 279 g/mol. The van der Waals surface area contributed by atoms with Gasteiger partial charge in [0.15, 0.2) is 0 Å². The fourth-order valence-electron chi connectivity index (χ4n) is 1.99. The van der Waals surface area contributed by atoms with Gasteiger partial charge in [0.1, 0.15) is 5.75 Å². The summed E-state index contributed by atoms with van der Waals surface area (Å²) >= 11 is 0. The predicted molar refractivity (Wildman–Crippen MR) is 75.5 cm³/mol. The molecule has 0 atom stereocenters. The zero-order chi connectivity index (χ0) is 15.1. The van der Waals surface area contributed by atoms with Crippen LogP contribution >= 0.6 is 0 Å². The number of phenols is 1. The van der Waals surface area contributed by atoms with Crippen LogP contribution in [0.5, 0.6) is 5.75 Å². The van der Waals surface area contributed by atoms with Crippen LogP contribution < -0.4 is 0 Å². The summed E-state index contributed by atoms with van der Waals surface area (Å²) in [6, 6.07) is 6.87. The minimum absolute atomic E-state index is 0.0359. The van der Waals surface area contributed by atoms with Gasteiger partial charge in [-0.3, -0.25) is 9.59 Å². The van der Waals surface area contributed by atoms with Crippen molar-refractivity contribution in [2.24, 2.45) is 0 Å². The SMILES string of the molecule is CC(C)N(CCC(=O)O)C(=O)CCc1ccccc1O. The second-order valence-corrected chi connectivity index (χ2v) is 4.95. The Hall–Kier alpha value is -2.04. The number of carboxylic acid groups (broad SMARTS) is 1. The molecule has 1 amide bonds. The van der Waals surface area contributed by atoms with Crippen LogP contribution in [-0.2, 0) is 16.0 Å². The Balaban J connectivity index is 2.58. The minimum atomic E-state index is -0.913. The molecule has 20 heavy (non-hydrogen) atoms. The van der Waals surface area contributed by atoms with E-state index in [1.54, 1.807) is 23.1 Å². The monoisotopic (exact) mass is 279 g/mol. The van der Waals surface area contributed by atoms with Crippen LogP contribution in [0.2, 0.25) is 0 Å². The number of benzene rings is 1. The highest BCUT2D eigenvalue weighted by Crippen LogP contribution is 2.18. The van der Waals surface area contributed by atoms with Crippen LogP contribution in [0.15, 0.2) is 24.3 Å². The second-order valence-electron chi connectivity index (χ2n) is 4.95. The number of nitrogens with zero attached hydrogens (tertiary/aromatic N) is 1. The third-order valence-corrected chi connectivity index (χ3v) is 3.11. The first-order chi connectivity index (χ1) is 9.41. The molecule has 0 heterocycles. The molecule has 0 radical (unpaired) electrons. The summed E-state index contributed by atoms with van der Waals surface area (Å²) in [5.74, 6) is -0.824. The highest BCUT2D eigenvalue weighted by molar-refractivity contribution is 5.77. The minimum Gasteiger partial charge on any atom is -0.508 e. The Bertz CT molecular complexity index is 471. The Labute approximate surface area is 118 Å². The number of carbonyl (C=O) groups excluding carboxylic acids is 1. The topological polar surface area (TPSA) is 77.8 Å². The molecule has 1 aromatic carbocycles. The molecule has 1 aromatic rings. The standard InChI is InChI=1S/C15H21NO4/c1-11(2)16(10-9-15(19)20)14(18)8-7-12-5-3-4-6-13(12)17/h3-6,11,17H,7-10H2,1-2H3,(H,19,20). The molecule has 0 aliphatic rings. The lowest BCUT2D eigenvalue weighted by molar-refractivity contribution is -0.139. The van der Waals surface area contributed by atoms with E-state index >= 15 is 0 Å². The summed E-state index contributed by atoms with van der Waals surface area (Å²) in [7, 11) is 0. The largest absolute Gasteiger partial charge is 0.508 e.